The maximum absolute atomic E-state index is 13.3. The van der Waals surface area contributed by atoms with Gasteiger partial charge in [-0.2, -0.15) is 5.10 Å². The zero-order valence-corrected chi connectivity index (χ0v) is 15.0. The summed E-state index contributed by atoms with van der Waals surface area (Å²) in [6.45, 7) is 4.09. The molecule has 0 aliphatic carbocycles. The first-order valence-corrected chi connectivity index (χ1v) is 8.44. The fraction of sp³-hybridized carbons (Fsp3) is 0.316. The minimum atomic E-state index is -0.286. The Morgan fingerprint density at radius 3 is 2.81 bits per heavy atom. The van der Waals surface area contributed by atoms with E-state index in [1.807, 2.05) is 12.1 Å². The molecule has 0 radical (unpaired) electrons. The highest BCUT2D eigenvalue weighted by molar-refractivity contribution is 5.95. The number of H-pyrrole nitrogens is 1. The molecule has 0 spiro atoms. The van der Waals surface area contributed by atoms with Gasteiger partial charge in [-0.25, -0.2) is 4.39 Å². The number of aryl methyl sites for hydroxylation is 3. The summed E-state index contributed by atoms with van der Waals surface area (Å²) in [6.07, 6.45) is 1.51. The molecule has 2 aromatic heterocycles. The largest absolute Gasteiger partial charge is 0.361 e. The van der Waals surface area contributed by atoms with E-state index in [-0.39, 0.29) is 11.7 Å². The summed E-state index contributed by atoms with van der Waals surface area (Å²) < 4.78 is 18.4. The zero-order chi connectivity index (χ0) is 18.7. The molecule has 26 heavy (non-hydrogen) atoms. The van der Waals surface area contributed by atoms with Gasteiger partial charge in [0, 0.05) is 24.8 Å². The maximum Gasteiger partial charge on any atom is 0.259 e. The maximum atomic E-state index is 13.3. The standard InChI is InChI=1S/C19H21FN4O2/c1-12-18(13(2)26-23-12)19(25)24(3)9-5-8-16-11-17(22-21-16)14-6-4-7-15(20)10-14/h4,6-7,10-11H,5,8-9H2,1-3H3,(H,21,22). The van der Waals surface area contributed by atoms with Crippen LogP contribution in [0, 0.1) is 19.7 Å². The number of aromatic amines is 1. The van der Waals surface area contributed by atoms with E-state index in [0.717, 1.165) is 24.1 Å². The van der Waals surface area contributed by atoms with Crippen LogP contribution in [0.5, 0.6) is 0 Å². The van der Waals surface area contributed by atoms with Crippen molar-refractivity contribution in [3.63, 3.8) is 0 Å². The topological polar surface area (TPSA) is 75.0 Å². The summed E-state index contributed by atoms with van der Waals surface area (Å²) in [5, 5.41) is 11.0. The number of rotatable bonds is 6. The molecule has 6 nitrogen and oxygen atoms in total. The van der Waals surface area contributed by atoms with Gasteiger partial charge in [0.25, 0.3) is 5.91 Å². The van der Waals surface area contributed by atoms with Crippen LogP contribution in [0.3, 0.4) is 0 Å². The van der Waals surface area contributed by atoms with Crippen LogP contribution in [0.15, 0.2) is 34.9 Å². The van der Waals surface area contributed by atoms with Crippen molar-refractivity contribution in [2.45, 2.75) is 26.7 Å². The molecule has 2 heterocycles. The van der Waals surface area contributed by atoms with E-state index in [4.69, 9.17) is 4.52 Å². The van der Waals surface area contributed by atoms with Gasteiger partial charge in [0.05, 0.1) is 11.4 Å². The van der Waals surface area contributed by atoms with Crippen LogP contribution in [-0.4, -0.2) is 39.8 Å². The number of halogens is 1. The Morgan fingerprint density at radius 1 is 1.31 bits per heavy atom. The second-order valence-corrected chi connectivity index (χ2v) is 6.32. The van der Waals surface area contributed by atoms with Gasteiger partial charge in [-0.3, -0.25) is 9.89 Å². The van der Waals surface area contributed by atoms with Crippen molar-refractivity contribution in [2.24, 2.45) is 0 Å². The van der Waals surface area contributed by atoms with Gasteiger partial charge >= 0.3 is 0 Å². The number of amides is 1. The molecule has 136 valence electrons. The van der Waals surface area contributed by atoms with E-state index in [1.165, 1.54) is 12.1 Å². The van der Waals surface area contributed by atoms with E-state index in [2.05, 4.69) is 15.4 Å². The van der Waals surface area contributed by atoms with Crippen molar-refractivity contribution >= 4 is 5.91 Å². The molecule has 0 unspecified atom stereocenters. The van der Waals surface area contributed by atoms with Gasteiger partial charge in [0.15, 0.2) is 0 Å². The summed E-state index contributed by atoms with van der Waals surface area (Å²) in [7, 11) is 1.76. The lowest BCUT2D eigenvalue weighted by molar-refractivity contribution is 0.0791. The molecule has 7 heteroatoms. The Balaban J connectivity index is 1.56. The number of aromatic nitrogens is 3. The molecule has 1 amide bonds. The van der Waals surface area contributed by atoms with E-state index >= 15 is 0 Å². The number of carbonyl (C=O) groups is 1. The molecular formula is C19H21FN4O2. The minimum Gasteiger partial charge on any atom is -0.361 e. The van der Waals surface area contributed by atoms with Crippen LogP contribution in [0.25, 0.3) is 11.3 Å². The number of carbonyl (C=O) groups excluding carboxylic acids is 1. The first-order chi connectivity index (χ1) is 12.5. The first kappa shape index (κ1) is 17.8. The molecule has 0 atom stereocenters. The number of nitrogens with zero attached hydrogens (tertiary/aromatic N) is 3. The van der Waals surface area contributed by atoms with Crippen molar-refractivity contribution in [2.75, 3.05) is 13.6 Å². The molecule has 0 bridgehead atoms. The Bertz CT molecular complexity index is 896. The Kier molecular flexibility index (Phi) is 5.16. The third kappa shape index (κ3) is 3.82. The second-order valence-electron chi connectivity index (χ2n) is 6.32. The first-order valence-electron chi connectivity index (χ1n) is 8.44. The molecular weight excluding hydrogens is 335 g/mol. The normalized spacial score (nSPS) is 10.9. The van der Waals surface area contributed by atoms with E-state index < -0.39 is 0 Å². The van der Waals surface area contributed by atoms with E-state index in [9.17, 15) is 9.18 Å². The number of hydrogen-bond donors (Lipinski definition) is 1. The number of benzene rings is 1. The lowest BCUT2D eigenvalue weighted by Gasteiger charge is -2.16. The van der Waals surface area contributed by atoms with Gasteiger partial charge in [0.2, 0.25) is 0 Å². The fourth-order valence-corrected chi connectivity index (χ4v) is 2.87. The smallest absolute Gasteiger partial charge is 0.259 e. The summed E-state index contributed by atoms with van der Waals surface area (Å²) in [5.41, 5.74) is 3.52. The molecule has 0 aliphatic heterocycles. The third-order valence-corrected chi connectivity index (χ3v) is 4.28. The number of hydrogen-bond acceptors (Lipinski definition) is 4. The molecule has 0 fully saturated rings. The highest BCUT2D eigenvalue weighted by Gasteiger charge is 2.20. The monoisotopic (exact) mass is 356 g/mol. The molecule has 0 saturated heterocycles. The molecule has 3 aromatic rings. The summed E-state index contributed by atoms with van der Waals surface area (Å²) in [4.78, 5) is 14.1. The molecule has 3 rings (SSSR count). The Labute approximate surface area is 151 Å². The molecule has 0 aliphatic rings. The van der Waals surface area contributed by atoms with E-state index in [1.54, 1.807) is 31.9 Å². The summed E-state index contributed by atoms with van der Waals surface area (Å²) in [6, 6.07) is 8.25. The minimum absolute atomic E-state index is 0.0914. The molecule has 1 N–H and O–H groups in total. The lowest BCUT2D eigenvalue weighted by atomic mass is 10.1. The van der Waals surface area contributed by atoms with Gasteiger partial charge in [0.1, 0.15) is 17.1 Å². The summed E-state index contributed by atoms with van der Waals surface area (Å²) >= 11 is 0. The van der Waals surface area contributed by atoms with Gasteiger partial charge in [-0.05, 0) is 44.9 Å². The highest BCUT2D eigenvalue weighted by Crippen LogP contribution is 2.19. The van der Waals surface area contributed by atoms with Gasteiger partial charge in [-0.1, -0.05) is 17.3 Å². The zero-order valence-electron chi connectivity index (χ0n) is 15.0. The Morgan fingerprint density at radius 2 is 2.12 bits per heavy atom. The number of nitrogens with one attached hydrogen (secondary N) is 1. The van der Waals surface area contributed by atoms with Crippen molar-refractivity contribution < 1.29 is 13.7 Å². The van der Waals surface area contributed by atoms with Gasteiger partial charge < -0.3 is 9.42 Å². The highest BCUT2D eigenvalue weighted by atomic mass is 19.1. The van der Waals surface area contributed by atoms with Crippen LogP contribution in [-0.2, 0) is 6.42 Å². The predicted octanol–water partition coefficient (Wildman–Crippen LogP) is 3.53. The fourth-order valence-electron chi connectivity index (χ4n) is 2.87. The van der Waals surface area contributed by atoms with Crippen LogP contribution < -0.4 is 0 Å². The predicted molar refractivity (Wildman–Crippen MR) is 95.2 cm³/mol. The second kappa shape index (κ2) is 7.51. The SMILES string of the molecule is Cc1noc(C)c1C(=O)N(C)CCCc1cc(-c2cccc(F)c2)n[nH]1. The van der Waals surface area contributed by atoms with Crippen LogP contribution in [0.4, 0.5) is 4.39 Å². The van der Waals surface area contributed by atoms with Crippen LogP contribution in [0.2, 0.25) is 0 Å². The average molecular weight is 356 g/mol. The quantitative estimate of drug-likeness (QED) is 0.733. The third-order valence-electron chi connectivity index (χ3n) is 4.28. The average Bonchev–Trinajstić information content (AvgIpc) is 3.21. The molecule has 0 saturated carbocycles. The van der Waals surface area contributed by atoms with Crippen LogP contribution >= 0.6 is 0 Å². The lowest BCUT2D eigenvalue weighted by Crippen LogP contribution is -2.28. The van der Waals surface area contributed by atoms with Crippen molar-refractivity contribution in [1.29, 1.82) is 0 Å². The Hall–Kier alpha value is -2.96. The van der Waals surface area contributed by atoms with Crippen molar-refractivity contribution in [3.8, 4) is 11.3 Å². The summed E-state index contributed by atoms with van der Waals surface area (Å²) in [5.74, 6) is 0.158. The van der Waals surface area contributed by atoms with Gasteiger partial charge in [-0.15, -0.1) is 0 Å². The van der Waals surface area contributed by atoms with Crippen molar-refractivity contribution in [3.05, 3.63) is 58.9 Å². The van der Waals surface area contributed by atoms with Crippen LogP contribution in [0.1, 0.15) is 33.9 Å². The van der Waals surface area contributed by atoms with E-state index in [0.29, 0.717) is 29.3 Å². The van der Waals surface area contributed by atoms with Crippen molar-refractivity contribution in [1.82, 2.24) is 20.3 Å². The molecule has 1 aromatic carbocycles.